The van der Waals surface area contributed by atoms with Gasteiger partial charge in [-0.15, -0.1) is 0 Å². The second-order valence-corrected chi connectivity index (χ2v) is 14.5. The minimum absolute atomic E-state index is 0.285. The smallest absolute Gasteiger partial charge is 0.267 e. The lowest BCUT2D eigenvalue weighted by Crippen LogP contribution is -2.50. The van der Waals surface area contributed by atoms with Crippen LogP contribution in [0.5, 0.6) is 0 Å². The second-order valence-electron chi connectivity index (χ2n) is 13.0. The largest absolute Gasteiger partial charge is 0.387 e. The molecule has 0 rings (SSSR count). The highest BCUT2D eigenvalue weighted by Crippen LogP contribution is 2.15. The molecule has 0 aromatic carbocycles. The van der Waals surface area contributed by atoms with Crippen LogP contribution in [0.3, 0.4) is 0 Å². The fourth-order valence-corrected chi connectivity index (χ4v) is 6.43. The summed E-state index contributed by atoms with van der Waals surface area (Å²) in [4.78, 5) is 12.5. The molecule has 0 bridgehead atoms. The topological polar surface area (TPSA) is 124 Å². The Morgan fingerprint density at radius 3 is 1.36 bits per heavy atom. The fraction of sp³-hybridized carbons (Fsp3) is 0.917. The molecular weight excluding hydrogens is 574 g/mol. The molecule has 0 aromatic rings. The lowest BCUT2D eigenvalue weighted by Gasteiger charge is -2.22. The van der Waals surface area contributed by atoms with Crippen LogP contribution in [0.4, 0.5) is 0 Å². The Morgan fingerprint density at radius 2 is 0.977 bits per heavy atom. The van der Waals surface area contributed by atoms with Crippen molar-refractivity contribution in [2.75, 3.05) is 5.75 Å². The highest BCUT2D eigenvalue weighted by atomic mass is 32.2. The number of nitrogens with one attached hydrogen (secondary N) is 1. The number of carbonyl (C=O) groups is 1. The number of allylic oxidation sites excluding steroid dienone is 1. The van der Waals surface area contributed by atoms with Crippen LogP contribution in [-0.2, 0) is 14.9 Å². The minimum atomic E-state index is -4.43. The monoisotopic (exact) mass is 646 g/mol. The van der Waals surface area contributed by atoms with E-state index in [0.717, 1.165) is 38.5 Å². The Kier molecular flexibility index (Phi) is 30.0. The van der Waals surface area contributed by atoms with Crippen LogP contribution < -0.4 is 5.32 Å². The maximum atomic E-state index is 12.5. The van der Waals surface area contributed by atoms with Crippen molar-refractivity contribution in [1.29, 1.82) is 0 Å². The lowest BCUT2D eigenvalue weighted by atomic mass is 10.0. The Labute approximate surface area is 272 Å². The molecule has 0 spiro atoms. The normalized spacial score (nSPS) is 14.2. The molecule has 4 N–H and O–H groups in total. The van der Waals surface area contributed by atoms with Crippen LogP contribution in [0.25, 0.3) is 0 Å². The van der Waals surface area contributed by atoms with Gasteiger partial charge in [-0.1, -0.05) is 180 Å². The molecule has 8 heteroatoms. The fourth-order valence-electron chi connectivity index (χ4n) is 5.69. The zero-order valence-corrected chi connectivity index (χ0v) is 29.5. The number of aliphatic hydroxyl groups excluding tert-OH is 2. The molecule has 0 saturated heterocycles. The van der Waals surface area contributed by atoms with E-state index in [-0.39, 0.29) is 6.42 Å². The third-order valence-electron chi connectivity index (χ3n) is 8.57. The maximum Gasteiger partial charge on any atom is 0.267 e. The first-order chi connectivity index (χ1) is 21.2. The van der Waals surface area contributed by atoms with E-state index in [0.29, 0.717) is 6.42 Å². The van der Waals surface area contributed by atoms with E-state index in [2.05, 4.69) is 19.2 Å². The van der Waals surface area contributed by atoms with E-state index in [4.69, 9.17) is 0 Å². The Bertz CT molecular complexity index is 773. The number of aliphatic hydroxyl groups is 2. The molecule has 0 aromatic heterocycles. The van der Waals surface area contributed by atoms with Gasteiger partial charge in [-0.05, 0) is 19.3 Å². The first-order valence-electron chi connectivity index (χ1n) is 18.5. The third-order valence-corrected chi connectivity index (χ3v) is 9.35. The van der Waals surface area contributed by atoms with Gasteiger partial charge in [-0.3, -0.25) is 9.35 Å². The average molecular weight is 646 g/mol. The molecule has 0 heterocycles. The van der Waals surface area contributed by atoms with Gasteiger partial charge in [0.25, 0.3) is 10.1 Å². The molecule has 3 unspecified atom stereocenters. The van der Waals surface area contributed by atoms with Crippen LogP contribution in [0, 0.1) is 0 Å². The van der Waals surface area contributed by atoms with Crippen molar-refractivity contribution < 1.29 is 28.0 Å². The van der Waals surface area contributed by atoms with Crippen LogP contribution in [-0.4, -0.2) is 53.1 Å². The predicted molar refractivity (Wildman–Crippen MR) is 186 cm³/mol. The van der Waals surface area contributed by atoms with Crippen molar-refractivity contribution in [3.8, 4) is 0 Å². The molecule has 0 radical (unpaired) electrons. The van der Waals surface area contributed by atoms with Gasteiger partial charge in [0.2, 0.25) is 5.91 Å². The van der Waals surface area contributed by atoms with Crippen molar-refractivity contribution in [2.45, 2.75) is 205 Å². The third kappa shape index (κ3) is 29.7. The van der Waals surface area contributed by atoms with E-state index in [1.165, 1.54) is 128 Å². The van der Waals surface area contributed by atoms with Crippen LogP contribution in [0.15, 0.2) is 12.2 Å². The Hall–Kier alpha value is -0.960. The summed E-state index contributed by atoms with van der Waals surface area (Å²) < 4.78 is 32.3. The highest BCUT2D eigenvalue weighted by molar-refractivity contribution is 7.85. The van der Waals surface area contributed by atoms with Crippen molar-refractivity contribution >= 4 is 16.0 Å². The minimum Gasteiger partial charge on any atom is -0.387 e. The molecule has 0 saturated carbocycles. The Balaban J connectivity index is 3.98. The predicted octanol–water partition coefficient (Wildman–Crippen LogP) is 9.21. The summed E-state index contributed by atoms with van der Waals surface area (Å²) in [5.41, 5.74) is 0. The molecule has 3 atom stereocenters. The molecule has 44 heavy (non-hydrogen) atoms. The number of hydrogen-bond donors (Lipinski definition) is 4. The molecule has 0 fully saturated rings. The van der Waals surface area contributed by atoms with Crippen LogP contribution in [0.2, 0.25) is 0 Å². The van der Waals surface area contributed by atoms with Crippen molar-refractivity contribution in [2.24, 2.45) is 0 Å². The summed E-state index contributed by atoms with van der Waals surface area (Å²) in [6, 6.07) is -1.22. The van der Waals surface area contributed by atoms with Gasteiger partial charge in [0, 0.05) is 0 Å². The second kappa shape index (κ2) is 30.7. The average Bonchev–Trinajstić information content (AvgIpc) is 2.98. The van der Waals surface area contributed by atoms with E-state index in [9.17, 15) is 28.0 Å². The van der Waals surface area contributed by atoms with Gasteiger partial charge < -0.3 is 15.5 Å². The van der Waals surface area contributed by atoms with E-state index in [1.54, 1.807) is 6.08 Å². The molecule has 0 aliphatic rings. The molecule has 1 amide bonds. The van der Waals surface area contributed by atoms with Gasteiger partial charge in [-0.2, -0.15) is 8.42 Å². The molecule has 262 valence electrons. The number of carbonyl (C=O) groups excluding carboxylic acids is 1. The SMILES string of the molecule is CCCCCCCCC/C=C/C(O)C(CS(=O)(=O)O)NC(=O)C(O)CCCCCCCCCCCCCCCCCCCC. The van der Waals surface area contributed by atoms with E-state index in [1.807, 2.05) is 0 Å². The number of amides is 1. The van der Waals surface area contributed by atoms with Gasteiger partial charge in [0.05, 0.1) is 17.9 Å². The first kappa shape index (κ1) is 43.0. The quantitative estimate of drug-likeness (QED) is 0.0320. The van der Waals surface area contributed by atoms with Crippen LogP contribution >= 0.6 is 0 Å². The molecule has 7 nitrogen and oxygen atoms in total. The summed E-state index contributed by atoms with van der Waals surface area (Å²) in [7, 11) is -4.43. The Morgan fingerprint density at radius 1 is 0.614 bits per heavy atom. The highest BCUT2D eigenvalue weighted by Gasteiger charge is 2.27. The summed E-state index contributed by atoms with van der Waals surface area (Å²) in [5, 5.41) is 23.2. The number of rotatable bonds is 33. The summed E-state index contributed by atoms with van der Waals surface area (Å²) in [6.07, 6.45) is 32.8. The summed E-state index contributed by atoms with van der Waals surface area (Å²) in [6.45, 7) is 4.46. The zero-order chi connectivity index (χ0) is 32.7. The molecular formula is C36H71NO6S. The van der Waals surface area contributed by atoms with Gasteiger partial charge in [-0.25, -0.2) is 0 Å². The number of hydrogen-bond acceptors (Lipinski definition) is 5. The maximum absolute atomic E-state index is 12.5. The van der Waals surface area contributed by atoms with Gasteiger partial charge in [0.15, 0.2) is 0 Å². The van der Waals surface area contributed by atoms with Gasteiger partial charge in [0.1, 0.15) is 6.10 Å². The van der Waals surface area contributed by atoms with E-state index >= 15 is 0 Å². The standard InChI is InChI=1S/C36H71NO6S/c1-3-5-7-9-11-13-14-15-16-17-18-19-20-21-23-25-27-29-31-35(39)36(40)37-33(32-44(41,42)43)34(38)30-28-26-24-22-12-10-8-6-4-2/h28,30,33-35,38-39H,3-27,29,31-32H2,1-2H3,(H,37,40)(H,41,42,43)/b30-28+. The molecule has 0 aliphatic heterocycles. The lowest BCUT2D eigenvalue weighted by molar-refractivity contribution is -0.130. The van der Waals surface area contributed by atoms with E-state index < -0.39 is 40.0 Å². The van der Waals surface area contributed by atoms with Crippen LogP contribution in [0.1, 0.15) is 187 Å². The molecule has 0 aliphatic carbocycles. The zero-order valence-electron chi connectivity index (χ0n) is 28.7. The first-order valence-corrected chi connectivity index (χ1v) is 20.1. The summed E-state index contributed by atoms with van der Waals surface area (Å²) in [5.74, 6) is -1.53. The summed E-state index contributed by atoms with van der Waals surface area (Å²) >= 11 is 0. The number of unbranched alkanes of at least 4 members (excludes halogenated alkanes) is 24. The van der Waals surface area contributed by atoms with Gasteiger partial charge >= 0.3 is 0 Å². The van der Waals surface area contributed by atoms with Crippen molar-refractivity contribution in [3.63, 3.8) is 0 Å². The van der Waals surface area contributed by atoms with Crippen molar-refractivity contribution in [3.05, 3.63) is 12.2 Å². The van der Waals surface area contributed by atoms with Crippen molar-refractivity contribution in [1.82, 2.24) is 5.32 Å².